The molecule has 2 rings (SSSR count). The Hall–Kier alpha value is -0.340. The van der Waals surface area contributed by atoms with Gasteiger partial charge in [-0.3, -0.25) is 0 Å². The first-order valence-corrected chi connectivity index (χ1v) is 9.52. The molecule has 114 valence electrons. The second kappa shape index (κ2) is 9.57. The van der Waals surface area contributed by atoms with E-state index >= 15 is 0 Å². The van der Waals surface area contributed by atoms with E-state index in [1.807, 2.05) is 11.3 Å². The van der Waals surface area contributed by atoms with Crippen molar-refractivity contribution in [2.75, 3.05) is 6.54 Å². The van der Waals surface area contributed by atoms with Crippen LogP contribution in [0.1, 0.15) is 69.6 Å². The molecule has 1 aromatic heterocycles. The van der Waals surface area contributed by atoms with Gasteiger partial charge >= 0.3 is 0 Å². The van der Waals surface area contributed by atoms with Crippen molar-refractivity contribution in [2.45, 2.75) is 77.2 Å². The third-order valence-corrected chi connectivity index (χ3v) is 5.53. The van der Waals surface area contributed by atoms with Crippen molar-refractivity contribution < 1.29 is 0 Å². The van der Waals surface area contributed by atoms with Crippen LogP contribution in [0.15, 0.2) is 17.5 Å². The van der Waals surface area contributed by atoms with Gasteiger partial charge in [0.2, 0.25) is 0 Å². The first kappa shape index (κ1) is 16.0. The normalized spacial score (nSPS) is 18.9. The van der Waals surface area contributed by atoms with E-state index in [0.717, 1.165) is 12.0 Å². The molecule has 2 heteroatoms. The molecule has 1 aromatic rings. The van der Waals surface area contributed by atoms with Crippen LogP contribution < -0.4 is 5.32 Å². The molecule has 1 N–H and O–H groups in total. The molecule has 0 saturated heterocycles. The fourth-order valence-electron chi connectivity index (χ4n) is 3.43. The predicted molar refractivity (Wildman–Crippen MR) is 90.5 cm³/mol. The molecule has 0 amide bonds. The maximum absolute atomic E-state index is 3.80. The molecular weight excluding hydrogens is 262 g/mol. The number of rotatable bonds is 8. The first-order valence-electron chi connectivity index (χ1n) is 8.64. The first-order chi connectivity index (χ1) is 9.88. The monoisotopic (exact) mass is 293 g/mol. The van der Waals surface area contributed by atoms with E-state index in [1.165, 1.54) is 70.8 Å². The van der Waals surface area contributed by atoms with Crippen LogP contribution in [-0.2, 0) is 6.42 Å². The van der Waals surface area contributed by atoms with Crippen molar-refractivity contribution in [1.82, 2.24) is 5.32 Å². The van der Waals surface area contributed by atoms with Gasteiger partial charge in [-0.2, -0.15) is 0 Å². The summed E-state index contributed by atoms with van der Waals surface area (Å²) in [6.45, 7) is 3.46. The lowest BCUT2D eigenvalue weighted by Gasteiger charge is -2.23. The molecule has 1 unspecified atom stereocenters. The average molecular weight is 294 g/mol. The minimum Gasteiger partial charge on any atom is -0.314 e. The van der Waals surface area contributed by atoms with Crippen LogP contribution in [0, 0.1) is 5.92 Å². The lowest BCUT2D eigenvalue weighted by Crippen LogP contribution is -2.32. The van der Waals surface area contributed by atoms with Crippen LogP contribution in [0.25, 0.3) is 0 Å². The summed E-state index contributed by atoms with van der Waals surface area (Å²) in [4.78, 5) is 1.55. The molecule has 0 aromatic carbocycles. The van der Waals surface area contributed by atoms with E-state index in [2.05, 4.69) is 29.8 Å². The van der Waals surface area contributed by atoms with Crippen LogP contribution in [0.4, 0.5) is 0 Å². The average Bonchev–Trinajstić information content (AvgIpc) is 2.85. The van der Waals surface area contributed by atoms with E-state index in [-0.39, 0.29) is 0 Å². The third kappa shape index (κ3) is 5.97. The molecule has 1 saturated carbocycles. The number of thiophene rings is 1. The van der Waals surface area contributed by atoms with Gasteiger partial charge in [-0.1, -0.05) is 51.5 Å². The van der Waals surface area contributed by atoms with Crippen molar-refractivity contribution >= 4 is 11.3 Å². The summed E-state index contributed by atoms with van der Waals surface area (Å²) in [5.74, 6) is 0.982. The maximum atomic E-state index is 3.80. The molecule has 1 heterocycles. The number of aryl methyl sites for hydroxylation is 1. The highest BCUT2D eigenvalue weighted by molar-refractivity contribution is 7.09. The number of nitrogens with one attached hydrogen (secondary N) is 1. The molecule has 1 fully saturated rings. The Balaban J connectivity index is 1.78. The van der Waals surface area contributed by atoms with Gasteiger partial charge in [0.05, 0.1) is 0 Å². The van der Waals surface area contributed by atoms with Gasteiger partial charge in [0, 0.05) is 10.9 Å². The van der Waals surface area contributed by atoms with Gasteiger partial charge in [0.25, 0.3) is 0 Å². The fourth-order valence-corrected chi connectivity index (χ4v) is 4.15. The molecule has 1 aliphatic carbocycles. The minimum atomic E-state index is 0.736. The van der Waals surface area contributed by atoms with Crippen LogP contribution in [0.2, 0.25) is 0 Å². The quantitative estimate of drug-likeness (QED) is 0.632. The highest BCUT2D eigenvalue weighted by atomic mass is 32.1. The third-order valence-electron chi connectivity index (χ3n) is 4.59. The van der Waals surface area contributed by atoms with Gasteiger partial charge in [-0.05, 0) is 49.6 Å². The van der Waals surface area contributed by atoms with Crippen molar-refractivity contribution in [3.63, 3.8) is 0 Å². The van der Waals surface area contributed by atoms with Gasteiger partial charge in [0.1, 0.15) is 0 Å². The number of hydrogen-bond donors (Lipinski definition) is 1. The minimum absolute atomic E-state index is 0.736. The SMILES string of the molecule is CCCNC(CCc1cccs1)CC1CCCCCC1. The van der Waals surface area contributed by atoms with Crippen LogP contribution >= 0.6 is 11.3 Å². The lowest BCUT2D eigenvalue weighted by molar-refractivity contribution is 0.340. The van der Waals surface area contributed by atoms with Gasteiger partial charge in [-0.15, -0.1) is 11.3 Å². The smallest absolute Gasteiger partial charge is 0.00731 e. The molecule has 1 atom stereocenters. The Labute approximate surface area is 129 Å². The van der Waals surface area contributed by atoms with E-state index < -0.39 is 0 Å². The Kier molecular flexibility index (Phi) is 7.67. The number of hydrogen-bond acceptors (Lipinski definition) is 2. The summed E-state index contributed by atoms with van der Waals surface area (Å²) in [5, 5.41) is 6.01. The van der Waals surface area contributed by atoms with Gasteiger partial charge < -0.3 is 5.32 Å². The zero-order valence-corrected chi connectivity index (χ0v) is 13.9. The summed E-state index contributed by atoms with van der Waals surface area (Å²) in [7, 11) is 0. The van der Waals surface area contributed by atoms with Gasteiger partial charge in [-0.25, -0.2) is 0 Å². The molecule has 1 aliphatic rings. The summed E-state index contributed by atoms with van der Waals surface area (Å²) < 4.78 is 0. The van der Waals surface area contributed by atoms with Crippen molar-refractivity contribution in [1.29, 1.82) is 0 Å². The lowest BCUT2D eigenvalue weighted by atomic mass is 9.90. The maximum Gasteiger partial charge on any atom is 0.00731 e. The van der Waals surface area contributed by atoms with Gasteiger partial charge in [0.15, 0.2) is 0 Å². The molecule has 20 heavy (non-hydrogen) atoms. The van der Waals surface area contributed by atoms with Crippen molar-refractivity contribution in [3.8, 4) is 0 Å². The van der Waals surface area contributed by atoms with Crippen molar-refractivity contribution in [2.24, 2.45) is 5.92 Å². The van der Waals surface area contributed by atoms with E-state index in [0.29, 0.717) is 0 Å². The fraction of sp³-hybridized carbons (Fsp3) is 0.778. The molecule has 0 bridgehead atoms. The van der Waals surface area contributed by atoms with Crippen molar-refractivity contribution in [3.05, 3.63) is 22.4 Å². The van der Waals surface area contributed by atoms with Crippen LogP contribution in [-0.4, -0.2) is 12.6 Å². The Bertz CT molecular complexity index is 325. The topological polar surface area (TPSA) is 12.0 Å². The summed E-state index contributed by atoms with van der Waals surface area (Å²) >= 11 is 1.91. The highest BCUT2D eigenvalue weighted by Crippen LogP contribution is 2.27. The zero-order chi connectivity index (χ0) is 14.0. The standard InChI is InChI=1S/C18H31NS/c1-2-13-19-17(11-12-18-10-7-14-20-18)15-16-8-5-3-4-6-9-16/h7,10,14,16-17,19H,2-6,8-9,11-13,15H2,1H3. The molecule has 0 radical (unpaired) electrons. The Morgan fingerprint density at radius 3 is 2.70 bits per heavy atom. The van der Waals surface area contributed by atoms with E-state index in [4.69, 9.17) is 0 Å². The van der Waals surface area contributed by atoms with Crippen LogP contribution in [0.3, 0.4) is 0 Å². The van der Waals surface area contributed by atoms with E-state index in [9.17, 15) is 0 Å². The predicted octanol–water partition coefficient (Wildman–Crippen LogP) is 5.41. The van der Waals surface area contributed by atoms with Crippen LogP contribution in [0.5, 0.6) is 0 Å². The Morgan fingerprint density at radius 1 is 1.25 bits per heavy atom. The molecule has 0 spiro atoms. The molecular formula is C18H31NS. The molecule has 0 aliphatic heterocycles. The second-order valence-electron chi connectivity index (χ2n) is 6.36. The Morgan fingerprint density at radius 2 is 2.05 bits per heavy atom. The zero-order valence-electron chi connectivity index (χ0n) is 13.1. The van der Waals surface area contributed by atoms with E-state index in [1.54, 1.807) is 4.88 Å². The summed E-state index contributed by atoms with van der Waals surface area (Å²) in [6, 6.07) is 5.20. The summed E-state index contributed by atoms with van der Waals surface area (Å²) in [6.07, 6.45) is 14.1. The highest BCUT2D eigenvalue weighted by Gasteiger charge is 2.17. The molecule has 1 nitrogen and oxygen atoms in total. The summed E-state index contributed by atoms with van der Waals surface area (Å²) in [5.41, 5.74) is 0. The second-order valence-corrected chi connectivity index (χ2v) is 7.39. The largest absolute Gasteiger partial charge is 0.314 e.